The minimum absolute atomic E-state index is 0.132. The maximum absolute atomic E-state index is 6.66. The Bertz CT molecular complexity index is 590. The highest BCUT2D eigenvalue weighted by molar-refractivity contribution is 6.47. The summed E-state index contributed by atoms with van der Waals surface area (Å²) in [6.45, 7) is 6.79. The average molecular weight is 546 g/mol. The van der Waals surface area contributed by atoms with Gasteiger partial charge >= 0.3 is 21.4 Å². The molecule has 0 aromatic carbocycles. The Labute approximate surface area is 241 Å². The largest absolute Gasteiger partial charge is 0.457 e. The van der Waals surface area contributed by atoms with Crippen molar-refractivity contribution < 1.29 is 27.9 Å². The van der Waals surface area contributed by atoms with Crippen molar-refractivity contribution in [1.82, 2.24) is 0 Å². The van der Waals surface area contributed by atoms with Crippen molar-refractivity contribution in [2.45, 2.75) is 192 Å². The molecule has 4 aliphatic heterocycles. The third kappa shape index (κ3) is 9.48. The smallest absolute Gasteiger partial charge is 0.403 e. The van der Waals surface area contributed by atoms with E-state index in [1.807, 2.05) is 0 Å². The second kappa shape index (κ2) is 17.8. The molecule has 1 saturated carbocycles. The lowest BCUT2D eigenvalue weighted by molar-refractivity contribution is -0.106. The Morgan fingerprint density at radius 3 is 0.744 bits per heavy atom. The summed E-state index contributed by atoms with van der Waals surface area (Å²) < 4.78 is 39.5. The van der Waals surface area contributed by atoms with E-state index in [0.717, 1.165) is 38.2 Å². The average Bonchev–Trinajstić information content (AvgIpc) is 3.50. The summed E-state index contributed by atoms with van der Waals surface area (Å²) in [4.78, 5) is 0. The second-order valence-electron chi connectivity index (χ2n) is 12.6. The van der Waals surface area contributed by atoms with Crippen molar-refractivity contribution in [2.75, 3.05) is 0 Å². The fourth-order valence-corrected chi connectivity index (χ4v) is 6.88. The van der Waals surface area contributed by atoms with Crippen molar-refractivity contribution in [3.63, 3.8) is 0 Å². The zero-order valence-corrected chi connectivity index (χ0v) is 25.5. The summed E-state index contributed by atoms with van der Waals surface area (Å²) >= 11 is 0. The fourth-order valence-electron chi connectivity index (χ4n) is 6.88. The van der Waals surface area contributed by atoms with E-state index >= 15 is 0 Å². The van der Waals surface area contributed by atoms with E-state index < -0.39 is 0 Å². The van der Waals surface area contributed by atoms with Crippen LogP contribution in [0.5, 0.6) is 0 Å². The van der Waals surface area contributed by atoms with E-state index in [0.29, 0.717) is 0 Å². The van der Waals surface area contributed by atoms with Crippen LogP contribution in [0.1, 0.15) is 136 Å². The third-order valence-electron chi connectivity index (χ3n) is 9.18. The van der Waals surface area contributed by atoms with Crippen molar-refractivity contribution in [2.24, 2.45) is 0 Å². The zero-order chi connectivity index (χ0) is 27.3. The standard InChI is InChI=1S/C30H57B3O6/c1-4-7-10-13-16-19-22-31-34-25-26(35-31)30-28-27(36-32(37-28)23-20-17-14-11-8-5-2)29(25)38-33(39-30)24-21-18-15-12-9-6-3/h25-30H,4-24H2,1-3H3/t25-,26+,27-,28+,29?,30?. The van der Waals surface area contributed by atoms with Crippen LogP contribution < -0.4 is 0 Å². The molecule has 0 spiro atoms. The van der Waals surface area contributed by atoms with Gasteiger partial charge in [-0.3, -0.25) is 0 Å². The molecule has 6 nitrogen and oxygen atoms in total. The molecule has 2 bridgehead atoms. The molecule has 0 radical (unpaired) electrons. The monoisotopic (exact) mass is 546 g/mol. The van der Waals surface area contributed by atoms with Gasteiger partial charge in [0.05, 0.1) is 36.6 Å². The van der Waals surface area contributed by atoms with Gasteiger partial charge < -0.3 is 27.9 Å². The van der Waals surface area contributed by atoms with E-state index in [2.05, 4.69) is 20.8 Å². The van der Waals surface area contributed by atoms with Gasteiger partial charge in [0, 0.05) is 0 Å². The molecular weight excluding hydrogens is 489 g/mol. The fraction of sp³-hybridized carbons (Fsp3) is 1.00. The van der Waals surface area contributed by atoms with Gasteiger partial charge in [-0.25, -0.2) is 0 Å². The lowest BCUT2D eigenvalue weighted by Crippen LogP contribution is -2.60. The molecule has 4 heterocycles. The number of rotatable bonds is 21. The zero-order valence-electron chi connectivity index (χ0n) is 25.5. The van der Waals surface area contributed by atoms with Gasteiger partial charge in [0.25, 0.3) is 0 Å². The van der Waals surface area contributed by atoms with Crippen LogP contribution in [-0.2, 0) is 27.9 Å². The molecule has 9 heteroatoms. The van der Waals surface area contributed by atoms with Crippen LogP contribution >= 0.6 is 0 Å². The molecule has 1 aliphatic carbocycles. The second-order valence-corrected chi connectivity index (χ2v) is 12.6. The van der Waals surface area contributed by atoms with Crippen molar-refractivity contribution in [3.05, 3.63) is 0 Å². The van der Waals surface area contributed by atoms with Crippen LogP contribution in [0.2, 0.25) is 19.0 Å². The Hall–Kier alpha value is -0.0452. The SMILES string of the molecule is CCCCCCCCB1OC2[C@H]3OB(CCCCCCCC)O[C@H]3C(O1)[C@@H]1OB(CCCCCCCC)O[C@H]21. The highest BCUT2D eigenvalue weighted by atomic mass is 16.7. The highest BCUT2D eigenvalue weighted by Crippen LogP contribution is 2.44. The summed E-state index contributed by atoms with van der Waals surface area (Å²) in [5, 5.41) is 0. The van der Waals surface area contributed by atoms with Crippen molar-refractivity contribution in [1.29, 1.82) is 0 Å². The van der Waals surface area contributed by atoms with E-state index in [4.69, 9.17) is 27.9 Å². The maximum Gasteiger partial charge on any atom is 0.457 e. The molecule has 39 heavy (non-hydrogen) atoms. The van der Waals surface area contributed by atoms with Crippen LogP contribution in [0.4, 0.5) is 0 Å². The first-order valence-corrected chi connectivity index (χ1v) is 17.2. The van der Waals surface area contributed by atoms with Crippen LogP contribution in [0.25, 0.3) is 0 Å². The summed E-state index contributed by atoms with van der Waals surface area (Å²) in [7, 11) is -0.566. The Kier molecular flexibility index (Phi) is 14.6. The Balaban J connectivity index is 1.29. The minimum Gasteiger partial charge on any atom is -0.403 e. The molecule has 0 atom stereocenters. The predicted octanol–water partition coefficient (Wildman–Crippen LogP) is 7.90. The predicted molar refractivity (Wildman–Crippen MR) is 161 cm³/mol. The van der Waals surface area contributed by atoms with Gasteiger partial charge in [0.2, 0.25) is 0 Å². The summed E-state index contributed by atoms with van der Waals surface area (Å²) in [5.74, 6) is 0. The summed E-state index contributed by atoms with van der Waals surface area (Å²) in [5.41, 5.74) is 0. The topological polar surface area (TPSA) is 55.4 Å². The molecule has 0 amide bonds. The number of unbranched alkanes of at least 4 members (excludes halogenated alkanes) is 15. The van der Waals surface area contributed by atoms with Gasteiger partial charge in [-0.15, -0.1) is 0 Å². The highest BCUT2D eigenvalue weighted by Gasteiger charge is 2.65. The first-order valence-electron chi connectivity index (χ1n) is 17.2. The van der Waals surface area contributed by atoms with Crippen LogP contribution in [0.15, 0.2) is 0 Å². The van der Waals surface area contributed by atoms with Crippen LogP contribution in [0.3, 0.4) is 0 Å². The normalized spacial score (nSPS) is 29.8. The lowest BCUT2D eigenvalue weighted by Gasteiger charge is -2.40. The quantitative estimate of drug-likeness (QED) is 0.108. The van der Waals surface area contributed by atoms with Crippen molar-refractivity contribution in [3.8, 4) is 0 Å². The van der Waals surface area contributed by atoms with E-state index in [1.165, 1.54) is 96.3 Å². The molecule has 0 unspecified atom stereocenters. The van der Waals surface area contributed by atoms with E-state index in [9.17, 15) is 0 Å². The molecule has 0 aromatic heterocycles. The number of fused-ring (bicyclic) bond motifs is 2. The van der Waals surface area contributed by atoms with Gasteiger partial charge in [-0.05, 0) is 19.0 Å². The van der Waals surface area contributed by atoms with Gasteiger partial charge in [-0.1, -0.05) is 136 Å². The van der Waals surface area contributed by atoms with Crippen molar-refractivity contribution >= 4 is 21.4 Å². The van der Waals surface area contributed by atoms with Crippen LogP contribution in [0, 0.1) is 0 Å². The summed E-state index contributed by atoms with van der Waals surface area (Å²) in [6, 6.07) is 0. The molecule has 5 rings (SSSR count). The molecule has 0 aromatic rings. The first kappa shape index (κ1) is 31.9. The Morgan fingerprint density at radius 2 is 0.513 bits per heavy atom. The molecule has 0 N–H and O–H groups in total. The Morgan fingerprint density at radius 1 is 0.308 bits per heavy atom. The molecule has 4 saturated heterocycles. The first-order chi connectivity index (χ1) is 19.2. The van der Waals surface area contributed by atoms with Gasteiger partial charge in [-0.2, -0.15) is 0 Å². The summed E-state index contributed by atoms with van der Waals surface area (Å²) in [6.07, 6.45) is 24.8. The lowest BCUT2D eigenvalue weighted by atomic mass is 9.80. The van der Waals surface area contributed by atoms with Crippen LogP contribution in [-0.4, -0.2) is 58.0 Å². The minimum atomic E-state index is -0.226. The number of hydrogen-bond acceptors (Lipinski definition) is 6. The molecule has 5 fully saturated rings. The van der Waals surface area contributed by atoms with E-state index in [1.54, 1.807) is 0 Å². The van der Waals surface area contributed by atoms with E-state index in [-0.39, 0.29) is 58.0 Å². The van der Waals surface area contributed by atoms with Gasteiger partial charge in [0.15, 0.2) is 0 Å². The molecule has 222 valence electrons. The molecular formula is C30H57B3O6. The maximum atomic E-state index is 6.66. The number of hydrogen-bond donors (Lipinski definition) is 0. The molecule has 5 aliphatic rings. The van der Waals surface area contributed by atoms with Gasteiger partial charge in [0.1, 0.15) is 0 Å². The third-order valence-corrected chi connectivity index (χ3v) is 9.18.